The number of hydrogen-bond donors (Lipinski definition) is 3. The number of nitrogens with one attached hydrogen (secondary N) is 2. The lowest BCUT2D eigenvalue weighted by molar-refractivity contribution is -0.121. The van der Waals surface area contributed by atoms with Gasteiger partial charge in [0.15, 0.2) is 0 Å². The molecule has 92 valence electrons. The molecule has 0 bridgehead atoms. The summed E-state index contributed by atoms with van der Waals surface area (Å²) in [6.07, 6.45) is 2.22. The van der Waals surface area contributed by atoms with Crippen LogP contribution in [-0.2, 0) is 4.79 Å². The maximum Gasteiger partial charge on any atom is 0.242 e. The number of carbonyl (C=O) groups is 1. The summed E-state index contributed by atoms with van der Waals surface area (Å²) in [4.78, 5) is 11.8. The number of aryl methyl sites for hydroxylation is 1. The molecule has 0 spiro atoms. The molecular formula is C13H19N3O. The van der Waals surface area contributed by atoms with Gasteiger partial charge in [-0.15, -0.1) is 0 Å². The van der Waals surface area contributed by atoms with Crippen molar-refractivity contribution in [1.29, 1.82) is 0 Å². The molecule has 1 atom stereocenters. The van der Waals surface area contributed by atoms with Gasteiger partial charge in [-0.3, -0.25) is 4.79 Å². The van der Waals surface area contributed by atoms with Crippen molar-refractivity contribution in [1.82, 2.24) is 5.32 Å². The summed E-state index contributed by atoms with van der Waals surface area (Å²) in [5.74, 6) is 0.0574. The Hall–Kier alpha value is -1.71. The van der Waals surface area contributed by atoms with E-state index in [1.54, 1.807) is 0 Å². The first kappa shape index (κ1) is 11.8. The lowest BCUT2D eigenvalue weighted by atomic mass is 10.1. The summed E-state index contributed by atoms with van der Waals surface area (Å²) in [5, 5.41) is 6.15. The second-order valence-electron chi connectivity index (χ2n) is 4.72. The van der Waals surface area contributed by atoms with Crippen molar-refractivity contribution in [3.8, 4) is 0 Å². The van der Waals surface area contributed by atoms with Crippen LogP contribution in [0.2, 0.25) is 0 Å². The molecule has 0 radical (unpaired) electrons. The number of anilines is 2. The molecule has 2 rings (SSSR count). The topological polar surface area (TPSA) is 67.2 Å². The van der Waals surface area contributed by atoms with Crippen molar-refractivity contribution >= 4 is 17.3 Å². The van der Waals surface area contributed by atoms with Gasteiger partial charge in [0, 0.05) is 17.4 Å². The first-order chi connectivity index (χ1) is 8.06. The predicted octanol–water partition coefficient (Wildman–Crippen LogP) is 1.66. The third kappa shape index (κ3) is 3.12. The summed E-state index contributed by atoms with van der Waals surface area (Å²) in [7, 11) is 0. The zero-order valence-corrected chi connectivity index (χ0v) is 10.3. The zero-order valence-electron chi connectivity index (χ0n) is 10.3. The lowest BCUT2D eigenvalue weighted by Crippen LogP contribution is -2.38. The van der Waals surface area contributed by atoms with Crippen LogP contribution in [0.4, 0.5) is 11.4 Å². The van der Waals surface area contributed by atoms with E-state index >= 15 is 0 Å². The van der Waals surface area contributed by atoms with Gasteiger partial charge in [-0.05, 0) is 50.5 Å². The highest BCUT2D eigenvalue weighted by atomic mass is 16.2. The standard InChI is InChI=1S/C13H19N3O/c1-8-7-11(5-6-12(8)14)15-9(2)13(17)16-10-3-4-10/h5-7,9-10,15H,3-4,14H2,1-2H3,(H,16,17). The van der Waals surface area contributed by atoms with Crippen LogP contribution in [0.1, 0.15) is 25.3 Å². The number of carbonyl (C=O) groups excluding carboxylic acids is 1. The Labute approximate surface area is 102 Å². The normalized spacial score (nSPS) is 16.4. The maximum absolute atomic E-state index is 11.8. The summed E-state index contributed by atoms with van der Waals surface area (Å²) in [6.45, 7) is 3.82. The van der Waals surface area contributed by atoms with Crippen molar-refractivity contribution in [2.75, 3.05) is 11.1 Å². The third-order valence-electron chi connectivity index (χ3n) is 2.97. The fourth-order valence-corrected chi connectivity index (χ4v) is 1.63. The molecule has 1 aromatic rings. The third-order valence-corrected chi connectivity index (χ3v) is 2.97. The molecule has 1 saturated carbocycles. The quantitative estimate of drug-likeness (QED) is 0.693. The Kier molecular flexibility index (Phi) is 3.22. The van der Waals surface area contributed by atoms with E-state index in [1.165, 1.54) is 0 Å². The molecule has 1 amide bonds. The van der Waals surface area contributed by atoms with Gasteiger partial charge in [-0.1, -0.05) is 0 Å². The van der Waals surface area contributed by atoms with Crippen LogP contribution in [0, 0.1) is 6.92 Å². The van der Waals surface area contributed by atoms with Crippen molar-refractivity contribution in [3.63, 3.8) is 0 Å². The fourth-order valence-electron chi connectivity index (χ4n) is 1.63. The minimum atomic E-state index is -0.223. The van der Waals surface area contributed by atoms with Crippen LogP contribution >= 0.6 is 0 Å². The summed E-state index contributed by atoms with van der Waals surface area (Å²) in [6, 6.07) is 5.88. The molecule has 0 heterocycles. The molecule has 1 aliphatic rings. The van der Waals surface area contributed by atoms with Gasteiger partial charge in [-0.2, -0.15) is 0 Å². The molecule has 4 N–H and O–H groups in total. The average Bonchev–Trinajstić information content (AvgIpc) is 3.07. The molecular weight excluding hydrogens is 214 g/mol. The average molecular weight is 233 g/mol. The van der Waals surface area contributed by atoms with Crippen LogP contribution < -0.4 is 16.4 Å². The lowest BCUT2D eigenvalue weighted by Gasteiger charge is -2.15. The van der Waals surface area contributed by atoms with Gasteiger partial charge in [0.05, 0.1) is 0 Å². The van der Waals surface area contributed by atoms with Crippen LogP contribution in [0.15, 0.2) is 18.2 Å². The van der Waals surface area contributed by atoms with Gasteiger partial charge in [-0.25, -0.2) is 0 Å². The molecule has 0 aromatic heterocycles. The Morgan fingerprint density at radius 2 is 2.18 bits per heavy atom. The van der Waals surface area contributed by atoms with Crippen molar-refractivity contribution in [2.45, 2.75) is 38.8 Å². The van der Waals surface area contributed by atoms with Crippen molar-refractivity contribution < 1.29 is 4.79 Å². The molecule has 1 aliphatic carbocycles. The van der Waals surface area contributed by atoms with E-state index < -0.39 is 0 Å². The van der Waals surface area contributed by atoms with Crippen molar-refractivity contribution in [3.05, 3.63) is 23.8 Å². The number of benzene rings is 1. The van der Waals surface area contributed by atoms with E-state index in [2.05, 4.69) is 10.6 Å². The second-order valence-corrected chi connectivity index (χ2v) is 4.72. The molecule has 17 heavy (non-hydrogen) atoms. The van der Waals surface area contributed by atoms with E-state index in [-0.39, 0.29) is 11.9 Å². The molecule has 4 heteroatoms. The van der Waals surface area contributed by atoms with E-state index in [4.69, 9.17) is 5.73 Å². The number of amides is 1. The summed E-state index contributed by atoms with van der Waals surface area (Å²) < 4.78 is 0. The molecule has 1 aromatic carbocycles. The van der Waals surface area contributed by atoms with Crippen LogP contribution in [0.5, 0.6) is 0 Å². The Bertz CT molecular complexity index is 427. The highest BCUT2D eigenvalue weighted by Crippen LogP contribution is 2.20. The van der Waals surface area contributed by atoms with Gasteiger partial charge < -0.3 is 16.4 Å². The summed E-state index contributed by atoms with van der Waals surface area (Å²) in [5.41, 5.74) is 8.46. The Morgan fingerprint density at radius 3 is 2.76 bits per heavy atom. The predicted molar refractivity (Wildman–Crippen MR) is 69.8 cm³/mol. The number of nitrogen functional groups attached to an aromatic ring is 1. The zero-order chi connectivity index (χ0) is 12.4. The molecule has 1 fully saturated rings. The Balaban J connectivity index is 1.94. The highest BCUT2D eigenvalue weighted by Gasteiger charge is 2.25. The SMILES string of the molecule is Cc1cc(NC(C)C(=O)NC2CC2)ccc1N. The van der Waals surface area contributed by atoms with Crippen molar-refractivity contribution in [2.24, 2.45) is 0 Å². The second kappa shape index (κ2) is 4.65. The van der Waals surface area contributed by atoms with Gasteiger partial charge in [0.1, 0.15) is 6.04 Å². The number of hydrogen-bond acceptors (Lipinski definition) is 3. The van der Waals surface area contributed by atoms with Gasteiger partial charge in [0.2, 0.25) is 5.91 Å². The van der Waals surface area contributed by atoms with E-state index in [0.717, 1.165) is 29.8 Å². The van der Waals surface area contributed by atoms with E-state index in [9.17, 15) is 4.79 Å². The first-order valence-electron chi connectivity index (χ1n) is 5.99. The molecule has 0 saturated heterocycles. The molecule has 0 aliphatic heterocycles. The maximum atomic E-state index is 11.8. The number of nitrogens with two attached hydrogens (primary N) is 1. The Morgan fingerprint density at radius 1 is 1.47 bits per heavy atom. The van der Waals surface area contributed by atoms with Crippen LogP contribution in [-0.4, -0.2) is 18.0 Å². The highest BCUT2D eigenvalue weighted by molar-refractivity contribution is 5.84. The van der Waals surface area contributed by atoms with E-state index in [1.807, 2.05) is 32.0 Å². The van der Waals surface area contributed by atoms with Crippen LogP contribution in [0.3, 0.4) is 0 Å². The van der Waals surface area contributed by atoms with Gasteiger partial charge in [0.25, 0.3) is 0 Å². The van der Waals surface area contributed by atoms with Crippen LogP contribution in [0.25, 0.3) is 0 Å². The number of rotatable bonds is 4. The minimum absolute atomic E-state index is 0.0574. The fraction of sp³-hybridized carbons (Fsp3) is 0.462. The summed E-state index contributed by atoms with van der Waals surface area (Å²) >= 11 is 0. The minimum Gasteiger partial charge on any atom is -0.399 e. The molecule has 1 unspecified atom stereocenters. The molecule has 4 nitrogen and oxygen atoms in total. The smallest absolute Gasteiger partial charge is 0.242 e. The largest absolute Gasteiger partial charge is 0.399 e. The van der Waals surface area contributed by atoms with Gasteiger partial charge >= 0.3 is 0 Å². The monoisotopic (exact) mass is 233 g/mol. The first-order valence-corrected chi connectivity index (χ1v) is 5.99. The van der Waals surface area contributed by atoms with E-state index in [0.29, 0.717) is 6.04 Å².